The van der Waals surface area contributed by atoms with E-state index in [1.54, 1.807) is 56.7 Å². The molecular weight excluding hydrogens is 344 g/mol. The molecule has 2 aromatic carbocycles. The Balaban J connectivity index is 1.56. The molecule has 6 nitrogen and oxygen atoms in total. The highest BCUT2D eigenvalue weighted by Gasteiger charge is 2.29. The van der Waals surface area contributed by atoms with Crippen LogP contribution in [0.2, 0.25) is 0 Å². The van der Waals surface area contributed by atoms with E-state index in [9.17, 15) is 9.59 Å². The molecule has 2 N–H and O–H groups in total. The average Bonchev–Trinajstić information content (AvgIpc) is 3.53. The van der Waals surface area contributed by atoms with Crippen LogP contribution in [0.1, 0.15) is 18.4 Å². The normalized spacial score (nSPS) is 13.3. The number of hydrogen-bond acceptors (Lipinski definition) is 4. The van der Waals surface area contributed by atoms with E-state index in [1.807, 2.05) is 6.07 Å². The van der Waals surface area contributed by atoms with Gasteiger partial charge in [-0.3, -0.25) is 9.59 Å². The van der Waals surface area contributed by atoms with E-state index in [2.05, 4.69) is 10.6 Å². The molecule has 2 aromatic rings. The first-order valence-corrected chi connectivity index (χ1v) is 8.71. The minimum Gasteiger partial charge on any atom is -0.493 e. The summed E-state index contributed by atoms with van der Waals surface area (Å²) in [5.74, 6) is 1.20. The van der Waals surface area contributed by atoms with E-state index in [-0.39, 0.29) is 17.7 Å². The van der Waals surface area contributed by atoms with Crippen LogP contribution in [0.3, 0.4) is 0 Å². The van der Waals surface area contributed by atoms with Crippen molar-refractivity contribution in [2.45, 2.75) is 12.8 Å². The van der Waals surface area contributed by atoms with Crippen molar-refractivity contribution < 1.29 is 19.1 Å². The lowest BCUT2D eigenvalue weighted by atomic mass is 10.2. The second-order valence-electron chi connectivity index (χ2n) is 6.28. The number of hydrogen-bond donors (Lipinski definition) is 2. The molecule has 0 aromatic heterocycles. The van der Waals surface area contributed by atoms with Crippen molar-refractivity contribution in [3.8, 4) is 11.5 Å². The molecule has 0 heterocycles. The highest BCUT2D eigenvalue weighted by atomic mass is 16.5. The van der Waals surface area contributed by atoms with Crippen LogP contribution in [0, 0.1) is 5.92 Å². The Morgan fingerprint density at radius 3 is 2.15 bits per heavy atom. The second kappa shape index (κ2) is 8.40. The summed E-state index contributed by atoms with van der Waals surface area (Å²) in [6.07, 6.45) is 5.07. The van der Waals surface area contributed by atoms with Crippen molar-refractivity contribution in [2.24, 2.45) is 5.92 Å². The Labute approximate surface area is 158 Å². The van der Waals surface area contributed by atoms with Crippen molar-refractivity contribution in [1.29, 1.82) is 0 Å². The molecule has 27 heavy (non-hydrogen) atoms. The van der Waals surface area contributed by atoms with Gasteiger partial charge in [0.05, 0.1) is 14.2 Å². The summed E-state index contributed by atoms with van der Waals surface area (Å²) in [5.41, 5.74) is 2.20. The van der Waals surface area contributed by atoms with Gasteiger partial charge in [0.1, 0.15) is 0 Å². The number of ether oxygens (including phenoxy) is 2. The van der Waals surface area contributed by atoms with Gasteiger partial charge in [-0.15, -0.1) is 0 Å². The molecule has 6 heteroatoms. The standard InChI is InChI=1S/C21H22N2O4/c1-26-18-11-3-14(13-19(18)27-2)4-12-20(24)22-16-7-9-17(10-8-16)23-21(25)15-5-6-15/h3-4,7-13,15H,5-6H2,1-2H3,(H,22,24)(H,23,25)/b12-4+. The minimum atomic E-state index is -0.250. The predicted molar refractivity (Wildman–Crippen MR) is 105 cm³/mol. The van der Waals surface area contributed by atoms with Crippen LogP contribution in [0.5, 0.6) is 11.5 Å². The van der Waals surface area contributed by atoms with Crippen LogP contribution in [-0.2, 0) is 9.59 Å². The monoisotopic (exact) mass is 366 g/mol. The smallest absolute Gasteiger partial charge is 0.248 e. The first kappa shape index (κ1) is 18.5. The molecule has 0 radical (unpaired) electrons. The first-order chi connectivity index (χ1) is 13.1. The van der Waals surface area contributed by atoms with Gasteiger partial charge in [0.25, 0.3) is 0 Å². The largest absolute Gasteiger partial charge is 0.493 e. The Bertz CT molecular complexity index is 855. The molecule has 0 spiro atoms. The van der Waals surface area contributed by atoms with Gasteiger partial charge in [0, 0.05) is 23.4 Å². The zero-order valence-electron chi connectivity index (χ0n) is 15.3. The van der Waals surface area contributed by atoms with E-state index in [0.717, 1.165) is 24.1 Å². The SMILES string of the molecule is COc1ccc(/C=C/C(=O)Nc2ccc(NC(=O)C3CC3)cc2)cc1OC. The van der Waals surface area contributed by atoms with Crippen LogP contribution in [0.15, 0.2) is 48.5 Å². The van der Waals surface area contributed by atoms with Crippen LogP contribution < -0.4 is 20.1 Å². The molecule has 1 aliphatic rings. The molecule has 3 rings (SSSR count). The quantitative estimate of drug-likeness (QED) is 0.733. The molecule has 0 unspecified atom stereocenters. The maximum atomic E-state index is 12.1. The van der Waals surface area contributed by atoms with Gasteiger partial charge in [0.15, 0.2) is 11.5 Å². The van der Waals surface area contributed by atoms with Gasteiger partial charge in [-0.05, 0) is 60.9 Å². The van der Waals surface area contributed by atoms with Crippen LogP contribution in [0.25, 0.3) is 6.08 Å². The first-order valence-electron chi connectivity index (χ1n) is 8.71. The van der Waals surface area contributed by atoms with Gasteiger partial charge in [-0.2, -0.15) is 0 Å². The summed E-state index contributed by atoms with van der Waals surface area (Å²) in [4.78, 5) is 23.8. The van der Waals surface area contributed by atoms with Gasteiger partial charge in [-0.25, -0.2) is 0 Å². The van der Waals surface area contributed by atoms with Crippen molar-refractivity contribution in [2.75, 3.05) is 24.9 Å². The number of rotatable bonds is 7. The predicted octanol–water partition coefficient (Wildman–Crippen LogP) is 3.70. The van der Waals surface area contributed by atoms with Crippen molar-refractivity contribution in [1.82, 2.24) is 0 Å². The lowest BCUT2D eigenvalue weighted by Gasteiger charge is -2.08. The second-order valence-corrected chi connectivity index (χ2v) is 6.28. The highest BCUT2D eigenvalue weighted by molar-refractivity contribution is 6.02. The number of benzene rings is 2. The third kappa shape index (κ3) is 5.10. The summed E-state index contributed by atoms with van der Waals surface area (Å²) >= 11 is 0. The zero-order chi connectivity index (χ0) is 19.2. The number of methoxy groups -OCH3 is 2. The fraction of sp³-hybridized carbons (Fsp3) is 0.238. The zero-order valence-corrected chi connectivity index (χ0v) is 15.3. The van der Waals surface area contributed by atoms with Crippen molar-refractivity contribution in [3.05, 3.63) is 54.1 Å². The van der Waals surface area contributed by atoms with E-state index in [0.29, 0.717) is 17.2 Å². The van der Waals surface area contributed by atoms with Gasteiger partial charge in [0.2, 0.25) is 11.8 Å². The summed E-state index contributed by atoms with van der Waals surface area (Å²) < 4.78 is 10.4. The summed E-state index contributed by atoms with van der Waals surface area (Å²) in [7, 11) is 3.14. The number of carbonyl (C=O) groups is 2. The van der Waals surface area contributed by atoms with Crippen molar-refractivity contribution >= 4 is 29.3 Å². The summed E-state index contributed by atoms with van der Waals surface area (Å²) in [6, 6.07) is 12.5. The Hall–Kier alpha value is -3.28. The van der Waals surface area contributed by atoms with Gasteiger partial charge in [-0.1, -0.05) is 6.07 Å². The average molecular weight is 366 g/mol. The Morgan fingerprint density at radius 1 is 0.926 bits per heavy atom. The molecule has 2 amide bonds. The Morgan fingerprint density at radius 2 is 1.56 bits per heavy atom. The number of carbonyl (C=O) groups excluding carboxylic acids is 2. The number of anilines is 2. The highest BCUT2D eigenvalue weighted by Crippen LogP contribution is 2.30. The fourth-order valence-electron chi connectivity index (χ4n) is 2.54. The number of amides is 2. The Kier molecular flexibility index (Phi) is 5.76. The molecule has 0 aliphatic heterocycles. The summed E-state index contributed by atoms with van der Waals surface area (Å²) in [6.45, 7) is 0. The third-order valence-corrected chi connectivity index (χ3v) is 4.20. The van der Waals surface area contributed by atoms with E-state index in [4.69, 9.17) is 9.47 Å². The third-order valence-electron chi connectivity index (χ3n) is 4.20. The molecule has 0 atom stereocenters. The van der Waals surface area contributed by atoms with E-state index < -0.39 is 0 Å². The van der Waals surface area contributed by atoms with Crippen LogP contribution in [0.4, 0.5) is 11.4 Å². The minimum absolute atomic E-state index is 0.0599. The van der Waals surface area contributed by atoms with Crippen LogP contribution >= 0.6 is 0 Å². The van der Waals surface area contributed by atoms with E-state index >= 15 is 0 Å². The topological polar surface area (TPSA) is 76.7 Å². The molecule has 1 saturated carbocycles. The van der Waals surface area contributed by atoms with Gasteiger partial charge < -0.3 is 20.1 Å². The van der Waals surface area contributed by atoms with E-state index in [1.165, 1.54) is 6.08 Å². The fourth-order valence-corrected chi connectivity index (χ4v) is 2.54. The number of nitrogens with one attached hydrogen (secondary N) is 2. The molecular formula is C21H22N2O4. The maximum absolute atomic E-state index is 12.1. The lowest BCUT2D eigenvalue weighted by Crippen LogP contribution is -2.13. The molecule has 0 saturated heterocycles. The van der Waals surface area contributed by atoms with Crippen molar-refractivity contribution in [3.63, 3.8) is 0 Å². The summed E-state index contributed by atoms with van der Waals surface area (Å²) in [5, 5.41) is 5.65. The van der Waals surface area contributed by atoms with Gasteiger partial charge >= 0.3 is 0 Å². The molecule has 1 aliphatic carbocycles. The molecule has 140 valence electrons. The lowest BCUT2D eigenvalue weighted by molar-refractivity contribution is -0.117. The molecule has 0 bridgehead atoms. The van der Waals surface area contributed by atoms with Crippen LogP contribution in [-0.4, -0.2) is 26.0 Å². The maximum Gasteiger partial charge on any atom is 0.248 e. The molecule has 1 fully saturated rings.